The summed E-state index contributed by atoms with van der Waals surface area (Å²) in [6, 6.07) is 0. The van der Waals surface area contributed by atoms with E-state index in [9.17, 15) is 4.79 Å². The second-order valence-electron chi connectivity index (χ2n) is 6.55. The summed E-state index contributed by atoms with van der Waals surface area (Å²) < 4.78 is 5.77. The van der Waals surface area contributed by atoms with Gasteiger partial charge in [0.25, 0.3) is 0 Å². The molecule has 25 heavy (non-hydrogen) atoms. The number of hydrogen-bond donors (Lipinski definition) is 2. The van der Waals surface area contributed by atoms with Gasteiger partial charge < -0.3 is 20.3 Å². The molecule has 0 aromatic carbocycles. The molecule has 1 aliphatic heterocycles. The molecular weight excluding hydrogens is 431 g/mol. The van der Waals surface area contributed by atoms with Crippen molar-refractivity contribution >= 4 is 35.8 Å². The lowest BCUT2D eigenvalue weighted by Crippen LogP contribution is -2.39. The highest BCUT2D eigenvalue weighted by atomic mass is 127. The van der Waals surface area contributed by atoms with Gasteiger partial charge in [-0.15, -0.1) is 24.0 Å². The van der Waals surface area contributed by atoms with Crippen molar-refractivity contribution in [1.29, 1.82) is 0 Å². The van der Waals surface area contributed by atoms with E-state index >= 15 is 0 Å². The van der Waals surface area contributed by atoms with E-state index in [1.54, 1.807) is 0 Å². The number of halogens is 1. The molecule has 0 spiro atoms. The van der Waals surface area contributed by atoms with E-state index in [0.29, 0.717) is 18.2 Å². The number of aliphatic imine (C=N–C) groups is 1. The molecule has 148 valence electrons. The first kappa shape index (κ1) is 24.4. The van der Waals surface area contributed by atoms with Gasteiger partial charge in [0.1, 0.15) is 0 Å². The second-order valence-corrected chi connectivity index (χ2v) is 6.55. The summed E-state index contributed by atoms with van der Waals surface area (Å²) in [5, 5.41) is 6.65. The summed E-state index contributed by atoms with van der Waals surface area (Å²) in [6.07, 6.45) is 3.88. The molecule has 1 aliphatic rings. The minimum Gasteiger partial charge on any atom is -0.378 e. The molecule has 0 aromatic heterocycles. The van der Waals surface area contributed by atoms with Crippen LogP contribution in [0.4, 0.5) is 0 Å². The monoisotopic (exact) mass is 468 g/mol. The molecule has 0 aromatic rings. The Kier molecular flexibility index (Phi) is 14.3. The van der Waals surface area contributed by atoms with Crippen LogP contribution in [0.1, 0.15) is 53.4 Å². The van der Waals surface area contributed by atoms with Crippen LogP contribution >= 0.6 is 24.0 Å². The van der Waals surface area contributed by atoms with E-state index in [1.807, 2.05) is 11.8 Å². The van der Waals surface area contributed by atoms with Crippen molar-refractivity contribution in [1.82, 2.24) is 15.5 Å². The maximum atomic E-state index is 11.6. The van der Waals surface area contributed by atoms with Gasteiger partial charge in [-0.05, 0) is 39.0 Å². The topological polar surface area (TPSA) is 66.0 Å². The number of guanidine groups is 1. The summed E-state index contributed by atoms with van der Waals surface area (Å²) in [6.45, 7) is 13.4. The highest BCUT2D eigenvalue weighted by Gasteiger charge is 2.18. The molecule has 1 heterocycles. The molecule has 0 radical (unpaired) electrons. The molecule has 0 aliphatic carbocycles. The third-order valence-electron chi connectivity index (χ3n) is 4.22. The first-order valence-corrected chi connectivity index (χ1v) is 9.50. The minimum absolute atomic E-state index is 0. The standard InChI is InChI=1S/C18H36N4O2.HI/c1-5-19-18(21-12-10-16(15(3)4)24-6-2)20-11-8-14-22-13-7-9-17(22)23;/h15-16H,5-14H2,1-4H3,(H2,19,20,21);1H. The maximum Gasteiger partial charge on any atom is 0.222 e. The predicted octanol–water partition coefficient (Wildman–Crippen LogP) is 2.62. The van der Waals surface area contributed by atoms with Gasteiger partial charge >= 0.3 is 0 Å². The number of carbonyl (C=O) groups is 1. The first-order chi connectivity index (χ1) is 11.6. The van der Waals surface area contributed by atoms with Crippen LogP contribution in [0.15, 0.2) is 4.99 Å². The van der Waals surface area contributed by atoms with E-state index < -0.39 is 0 Å². The molecule has 1 amide bonds. The van der Waals surface area contributed by atoms with Crippen LogP contribution in [0.3, 0.4) is 0 Å². The lowest BCUT2D eigenvalue weighted by atomic mass is 10.0. The number of hydrogen-bond acceptors (Lipinski definition) is 3. The van der Waals surface area contributed by atoms with Crippen LogP contribution in [-0.2, 0) is 9.53 Å². The molecule has 2 N–H and O–H groups in total. The summed E-state index contributed by atoms with van der Waals surface area (Å²) >= 11 is 0. The second kappa shape index (κ2) is 14.6. The van der Waals surface area contributed by atoms with Gasteiger partial charge in [-0.1, -0.05) is 13.8 Å². The van der Waals surface area contributed by atoms with Gasteiger partial charge in [0.15, 0.2) is 5.96 Å². The molecule has 1 unspecified atom stereocenters. The van der Waals surface area contributed by atoms with Gasteiger partial charge in [-0.3, -0.25) is 9.79 Å². The van der Waals surface area contributed by atoms with Gasteiger partial charge in [-0.2, -0.15) is 0 Å². The van der Waals surface area contributed by atoms with Crippen molar-refractivity contribution in [2.45, 2.75) is 59.5 Å². The smallest absolute Gasteiger partial charge is 0.222 e. The molecule has 1 fully saturated rings. The van der Waals surface area contributed by atoms with E-state index in [2.05, 4.69) is 36.4 Å². The highest BCUT2D eigenvalue weighted by molar-refractivity contribution is 14.0. The Morgan fingerprint density at radius 1 is 1.32 bits per heavy atom. The number of ether oxygens (including phenoxy) is 1. The molecule has 1 saturated heterocycles. The molecular formula is C18H37IN4O2. The van der Waals surface area contributed by atoms with Crippen molar-refractivity contribution in [3.05, 3.63) is 0 Å². The van der Waals surface area contributed by atoms with E-state index in [-0.39, 0.29) is 30.1 Å². The van der Waals surface area contributed by atoms with Crippen LogP contribution in [0.5, 0.6) is 0 Å². The van der Waals surface area contributed by atoms with Gasteiger partial charge in [-0.25, -0.2) is 0 Å². The average molecular weight is 468 g/mol. The zero-order valence-corrected chi connectivity index (χ0v) is 18.7. The van der Waals surface area contributed by atoms with E-state index in [0.717, 1.165) is 64.6 Å². The molecule has 1 rings (SSSR count). The van der Waals surface area contributed by atoms with Gasteiger partial charge in [0.2, 0.25) is 5.91 Å². The average Bonchev–Trinajstić information content (AvgIpc) is 2.95. The molecule has 1 atom stereocenters. The lowest BCUT2D eigenvalue weighted by Gasteiger charge is -2.21. The van der Waals surface area contributed by atoms with E-state index in [4.69, 9.17) is 4.74 Å². The summed E-state index contributed by atoms with van der Waals surface area (Å²) in [7, 11) is 0. The van der Waals surface area contributed by atoms with Gasteiger partial charge in [0.05, 0.1) is 6.10 Å². The quantitative estimate of drug-likeness (QED) is 0.212. The van der Waals surface area contributed by atoms with Gasteiger partial charge in [0, 0.05) is 45.8 Å². The fourth-order valence-electron chi connectivity index (χ4n) is 2.89. The maximum absolute atomic E-state index is 11.6. The molecule has 0 saturated carbocycles. The Morgan fingerprint density at radius 2 is 2.08 bits per heavy atom. The normalized spacial score (nSPS) is 16.1. The third-order valence-corrected chi connectivity index (χ3v) is 4.22. The van der Waals surface area contributed by atoms with Crippen LogP contribution in [0.25, 0.3) is 0 Å². The third kappa shape index (κ3) is 10.2. The van der Waals surface area contributed by atoms with Crippen LogP contribution in [-0.4, -0.2) is 62.2 Å². The molecule has 7 heteroatoms. The Labute approximate surface area is 170 Å². The summed E-state index contributed by atoms with van der Waals surface area (Å²) in [5.41, 5.74) is 0. The van der Waals surface area contributed by atoms with E-state index in [1.165, 1.54) is 0 Å². The minimum atomic E-state index is 0. The van der Waals surface area contributed by atoms with Crippen molar-refractivity contribution in [3.63, 3.8) is 0 Å². The fraction of sp³-hybridized carbons (Fsp3) is 0.889. The number of nitrogens with one attached hydrogen (secondary N) is 2. The summed E-state index contributed by atoms with van der Waals surface area (Å²) in [4.78, 5) is 18.1. The predicted molar refractivity (Wildman–Crippen MR) is 115 cm³/mol. The zero-order chi connectivity index (χ0) is 17.8. The van der Waals surface area contributed by atoms with Crippen LogP contribution in [0, 0.1) is 5.92 Å². The number of likely N-dealkylation sites (tertiary alicyclic amines) is 1. The molecule has 6 nitrogen and oxygen atoms in total. The number of carbonyl (C=O) groups excluding carboxylic acids is 1. The Morgan fingerprint density at radius 3 is 2.64 bits per heavy atom. The lowest BCUT2D eigenvalue weighted by molar-refractivity contribution is -0.127. The highest BCUT2D eigenvalue weighted by Crippen LogP contribution is 2.10. The van der Waals surface area contributed by atoms with Crippen molar-refractivity contribution in [2.75, 3.05) is 39.3 Å². The van der Waals surface area contributed by atoms with Crippen molar-refractivity contribution < 1.29 is 9.53 Å². The van der Waals surface area contributed by atoms with Crippen molar-refractivity contribution in [2.24, 2.45) is 10.9 Å². The first-order valence-electron chi connectivity index (χ1n) is 9.50. The summed E-state index contributed by atoms with van der Waals surface area (Å²) in [5.74, 6) is 1.66. The number of rotatable bonds is 11. The Balaban J connectivity index is 0.00000576. The van der Waals surface area contributed by atoms with Crippen molar-refractivity contribution in [3.8, 4) is 0 Å². The fourth-order valence-corrected chi connectivity index (χ4v) is 2.89. The van der Waals surface area contributed by atoms with Crippen LogP contribution in [0.2, 0.25) is 0 Å². The zero-order valence-electron chi connectivity index (χ0n) is 16.3. The Hall–Kier alpha value is -0.570. The van der Waals surface area contributed by atoms with Crippen LogP contribution < -0.4 is 10.6 Å². The SMILES string of the molecule is CCNC(=NCCCN1CCCC1=O)NCCC(OCC)C(C)C.I. The number of amides is 1. The molecule has 0 bridgehead atoms. The largest absolute Gasteiger partial charge is 0.378 e. The number of nitrogens with zero attached hydrogens (tertiary/aromatic N) is 2. The Bertz CT molecular complexity index is 391.